The average Bonchev–Trinajstić information content (AvgIpc) is 3.30. The number of aliphatic hydroxyl groups is 2. The number of allylic oxidation sites excluding steroid dienone is 6. The average molecular weight is 990 g/mol. The molecule has 2 saturated heterocycles. The van der Waals surface area contributed by atoms with Gasteiger partial charge >= 0.3 is 5.97 Å². The number of piperidine rings is 1. The minimum Gasteiger partial charge on any atom is -0.460 e. The van der Waals surface area contributed by atoms with Crippen LogP contribution >= 0.6 is 7.37 Å². The Hall–Kier alpha value is -3.14. The lowest BCUT2D eigenvalue weighted by Gasteiger charge is -2.42. The van der Waals surface area contributed by atoms with E-state index in [0.717, 1.165) is 12.0 Å². The van der Waals surface area contributed by atoms with Gasteiger partial charge in [-0.2, -0.15) is 0 Å². The number of nitrogens with zero attached hydrogens (tertiary/aromatic N) is 1. The van der Waals surface area contributed by atoms with Crippen LogP contribution in [0.25, 0.3) is 0 Å². The topological polar surface area (TPSA) is 201 Å². The maximum Gasteiger partial charge on any atom is 0.329 e. The van der Waals surface area contributed by atoms with Crippen LogP contribution in [0.4, 0.5) is 0 Å². The van der Waals surface area contributed by atoms with Crippen LogP contribution in [-0.2, 0) is 56.7 Å². The van der Waals surface area contributed by atoms with Crippen LogP contribution in [0.1, 0.15) is 126 Å². The molecular formula is C53H84NO14P. The first-order valence-electron chi connectivity index (χ1n) is 25.2. The third-order valence-electron chi connectivity index (χ3n) is 14.8. The molecule has 15 nitrogen and oxygen atoms in total. The van der Waals surface area contributed by atoms with Crippen LogP contribution in [-0.4, -0.2) is 140 Å². The molecule has 3 heterocycles. The van der Waals surface area contributed by atoms with Gasteiger partial charge in [-0.25, -0.2) is 4.79 Å². The number of ketones is 3. The molecule has 1 amide bonds. The highest BCUT2D eigenvalue weighted by Gasteiger charge is 2.53. The standard InChI is InChI=1S/C53H84NO14P/c1-32-18-14-13-15-19-33(2)44(63-8)30-40-23-21-38(7)53(61,67-40)50(58)51(59)54-25-17-16-20-41(54)52(60)66-45(35(4)28-39-22-24-43(46(29-39)64-9)68-69(11,12)62)31-42(55)34(3)27-37(6)48(57)49(65-10)47(56)36(5)26-32/h13-15,18-19,27,32,34-36,38-41,43-46,48-49,57,61H,16-17,20-26,28-31H2,1-12H3/b15-13+,18-14-,33-19+,37-27+/t32-,34-,35-,36-,38-,39+,40+,41+,43-,44?,45+,46-,48-,49+,53-/m1/s1. The second kappa shape index (κ2) is 26.5. The molecule has 0 aromatic carbocycles. The number of carbonyl (C=O) groups is 5. The number of amides is 1. The molecule has 0 aromatic heterocycles. The van der Waals surface area contributed by atoms with Gasteiger partial charge in [0.25, 0.3) is 11.7 Å². The predicted octanol–water partition coefficient (Wildman–Crippen LogP) is 7.74. The van der Waals surface area contributed by atoms with E-state index in [9.17, 15) is 38.8 Å². The fraction of sp³-hybridized carbons (Fsp3) is 0.755. The van der Waals surface area contributed by atoms with Crippen molar-refractivity contribution in [1.82, 2.24) is 4.90 Å². The molecule has 69 heavy (non-hydrogen) atoms. The number of rotatable bonds is 8. The molecule has 0 spiro atoms. The highest BCUT2D eigenvalue weighted by molar-refractivity contribution is 7.57. The van der Waals surface area contributed by atoms with Crippen molar-refractivity contribution in [3.8, 4) is 0 Å². The second-order valence-electron chi connectivity index (χ2n) is 20.9. The van der Waals surface area contributed by atoms with Gasteiger partial charge in [-0.1, -0.05) is 71.1 Å². The Labute approximate surface area is 411 Å². The number of esters is 1. The number of hydrogen-bond acceptors (Lipinski definition) is 14. The molecule has 2 N–H and O–H groups in total. The molecule has 1 saturated carbocycles. The third kappa shape index (κ3) is 16.2. The van der Waals surface area contributed by atoms with Crippen LogP contribution < -0.4 is 0 Å². The molecular weight excluding hydrogens is 906 g/mol. The number of methoxy groups -OCH3 is 3. The molecule has 390 valence electrons. The normalized spacial score (nSPS) is 39.0. The largest absolute Gasteiger partial charge is 0.460 e. The number of fused-ring (bicyclic) bond motifs is 3. The quantitative estimate of drug-likeness (QED) is 0.104. The number of hydrogen-bond donors (Lipinski definition) is 2. The summed E-state index contributed by atoms with van der Waals surface area (Å²) in [6, 6.07) is -1.16. The Morgan fingerprint density at radius 2 is 1.57 bits per heavy atom. The fourth-order valence-electron chi connectivity index (χ4n) is 10.5. The number of Topliss-reactive ketones (excluding diaryl/α,β-unsaturated/α-hetero) is 3. The Morgan fingerprint density at radius 1 is 0.855 bits per heavy atom. The van der Waals surface area contributed by atoms with Crippen molar-refractivity contribution in [3.05, 3.63) is 47.6 Å². The summed E-state index contributed by atoms with van der Waals surface area (Å²) in [6.07, 6.45) is 11.4. The van der Waals surface area contributed by atoms with E-state index in [2.05, 4.69) is 0 Å². The Morgan fingerprint density at radius 3 is 2.22 bits per heavy atom. The summed E-state index contributed by atoms with van der Waals surface area (Å²) in [4.78, 5) is 72.2. The fourth-order valence-corrected chi connectivity index (χ4v) is 11.4. The van der Waals surface area contributed by atoms with E-state index in [0.29, 0.717) is 63.4 Å². The summed E-state index contributed by atoms with van der Waals surface area (Å²) < 4.78 is 48.2. The zero-order valence-electron chi connectivity index (χ0n) is 43.4. The molecule has 1 unspecified atom stereocenters. The molecule has 0 radical (unpaired) electrons. The molecule has 1 aliphatic carbocycles. The van der Waals surface area contributed by atoms with Crippen LogP contribution in [0.3, 0.4) is 0 Å². The summed E-state index contributed by atoms with van der Waals surface area (Å²) >= 11 is 0. The van der Waals surface area contributed by atoms with Gasteiger partial charge in [0.05, 0.1) is 24.4 Å². The van der Waals surface area contributed by atoms with Gasteiger partial charge in [0, 0.05) is 71.8 Å². The Kier molecular flexibility index (Phi) is 22.5. The highest BCUT2D eigenvalue weighted by Crippen LogP contribution is 2.45. The smallest absolute Gasteiger partial charge is 0.329 e. The van der Waals surface area contributed by atoms with Gasteiger partial charge in [-0.05, 0) is 107 Å². The van der Waals surface area contributed by atoms with Crippen LogP contribution in [0.15, 0.2) is 47.6 Å². The molecule has 15 atom stereocenters. The van der Waals surface area contributed by atoms with Crippen molar-refractivity contribution in [1.29, 1.82) is 0 Å². The Bertz CT molecular complexity index is 1940. The molecule has 16 heteroatoms. The van der Waals surface area contributed by atoms with Gasteiger partial charge in [-0.15, -0.1) is 0 Å². The van der Waals surface area contributed by atoms with Crippen molar-refractivity contribution in [3.63, 3.8) is 0 Å². The maximum absolute atomic E-state index is 14.5. The van der Waals surface area contributed by atoms with Crippen molar-refractivity contribution in [2.75, 3.05) is 41.2 Å². The zero-order chi connectivity index (χ0) is 51.4. The lowest BCUT2D eigenvalue weighted by molar-refractivity contribution is -0.265. The highest BCUT2D eigenvalue weighted by atomic mass is 31.2. The first-order valence-corrected chi connectivity index (χ1v) is 27.7. The Balaban J connectivity index is 1.70. The lowest BCUT2D eigenvalue weighted by Crippen LogP contribution is -2.61. The van der Waals surface area contributed by atoms with Crippen molar-refractivity contribution in [2.45, 2.75) is 180 Å². The molecule has 4 rings (SSSR count). The lowest BCUT2D eigenvalue weighted by atomic mass is 9.78. The van der Waals surface area contributed by atoms with E-state index in [4.69, 9.17) is 28.2 Å². The maximum atomic E-state index is 14.5. The van der Waals surface area contributed by atoms with Crippen molar-refractivity contribution < 1.29 is 67.0 Å². The first kappa shape index (κ1) is 58.4. The molecule has 2 bridgehead atoms. The summed E-state index contributed by atoms with van der Waals surface area (Å²) in [5, 5.41) is 23.5. The number of carbonyl (C=O) groups excluding carboxylic acids is 5. The SMILES string of the molecule is COC1C[C@@H]2CC[C@@H](C)[C@@](O)(O2)C(=O)C(=O)N2CCCC[C@H]2C(=O)O[C@H]([C@H](C)C[C@@H]2CC[C@@H](OP(C)(C)=O)[C@H](OC)C2)CC(=O)[C@H](C)/C=C(\C)[C@@H](O)[C@@H](OC)C(=O)[C@H](C)C[C@H](C)\C=C/C=C/C=C/1C. The van der Waals surface area contributed by atoms with Crippen LogP contribution in [0, 0.1) is 35.5 Å². The van der Waals surface area contributed by atoms with Crippen LogP contribution in [0.5, 0.6) is 0 Å². The van der Waals surface area contributed by atoms with Gasteiger partial charge in [0.2, 0.25) is 5.79 Å². The first-order chi connectivity index (χ1) is 32.4. The predicted molar refractivity (Wildman–Crippen MR) is 263 cm³/mol. The van der Waals surface area contributed by atoms with E-state index in [1.54, 1.807) is 54.4 Å². The zero-order valence-corrected chi connectivity index (χ0v) is 44.3. The molecule has 4 aliphatic rings. The van der Waals surface area contributed by atoms with E-state index in [1.165, 1.54) is 12.0 Å². The number of aliphatic hydroxyl groups excluding tert-OH is 1. The summed E-state index contributed by atoms with van der Waals surface area (Å²) in [7, 11) is 1.76. The minimum atomic E-state index is -2.79. The molecule has 3 fully saturated rings. The second-order valence-corrected chi connectivity index (χ2v) is 23.6. The molecule has 3 aliphatic heterocycles. The van der Waals surface area contributed by atoms with Gasteiger partial charge in [0.1, 0.15) is 30.1 Å². The van der Waals surface area contributed by atoms with E-state index in [-0.39, 0.29) is 60.9 Å². The summed E-state index contributed by atoms with van der Waals surface area (Å²) in [5.74, 6) is -8.11. The van der Waals surface area contributed by atoms with Crippen molar-refractivity contribution in [2.24, 2.45) is 35.5 Å². The molecule has 0 aromatic rings. The van der Waals surface area contributed by atoms with Gasteiger partial charge in [0.15, 0.2) is 13.2 Å². The third-order valence-corrected chi connectivity index (χ3v) is 15.6. The van der Waals surface area contributed by atoms with Gasteiger partial charge in [-0.3, -0.25) is 23.7 Å². The number of cyclic esters (lactones) is 1. The monoisotopic (exact) mass is 990 g/mol. The summed E-state index contributed by atoms with van der Waals surface area (Å²) in [6.45, 7) is 15.9. The number of ether oxygens (including phenoxy) is 5. The van der Waals surface area contributed by atoms with Crippen molar-refractivity contribution >= 4 is 36.6 Å². The van der Waals surface area contributed by atoms with Gasteiger partial charge < -0.3 is 43.3 Å². The van der Waals surface area contributed by atoms with Crippen LogP contribution in [0.2, 0.25) is 0 Å². The van der Waals surface area contributed by atoms with E-state index < -0.39 is 85.1 Å². The minimum absolute atomic E-state index is 0.0117. The van der Waals surface area contributed by atoms with E-state index in [1.807, 2.05) is 58.1 Å². The summed E-state index contributed by atoms with van der Waals surface area (Å²) in [5.41, 5.74) is 1.25. The van der Waals surface area contributed by atoms with E-state index >= 15 is 0 Å².